The fraction of sp³-hybridized carbons (Fsp3) is 0.357. The molecule has 90 valence electrons. The molecule has 1 heterocycles. The minimum absolute atomic E-state index is 0.0105. The molecular formula is C14H16O3. The number of fused-ring (bicyclic) bond motifs is 1. The number of rotatable bonds is 1. The Labute approximate surface area is 100 Å². The Morgan fingerprint density at radius 1 is 1.12 bits per heavy atom. The molecule has 0 aliphatic carbocycles. The Bertz CT molecular complexity index is 651. The van der Waals surface area contributed by atoms with Gasteiger partial charge >= 0.3 is 0 Å². The van der Waals surface area contributed by atoms with E-state index >= 15 is 0 Å². The summed E-state index contributed by atoms with van der Waals surface area (Å²) in [5.74, 6) is 1.25. The van der Waals surface area contributed by atoms with Gasteiger partial charge in [0.2, 0.25) is 0 Å². The highest BCUT2D eigenvalue weighted by Gasteiger charge is 2.15. The lowest BCUT2D eigenvalue weighted by Crippen LogP contribution is -2.09. The smallest absolute Gasteiger partial charge is 0.199 e. The van der Waals surface area contributed by atoms with Gasteiger partial charge in [-0.15, -0.1) is 0 Å². The largest absolute Gasteiger partial charge is 0.496 e. The molecule has 3 heteroatoms. The van der Waals surface area contributed by atoms with Crippen molar-refractivity contribution < 1.29 is 9.15 Å². The van der Waals surface area contributed by atoms with Crippen molar-refractivity contribution in [3.63, 3.8) is 0 Å². The summed E-state index contributed by atoms with van der Waals surface area (Å²) in [4.78, 5) is 12.3. The summed E-state index contributed by atoms with van der Waals surface area (Å²) in [5, 5.41) is 0.540. The molecule has 2 rings (SSSR count). The van der Waals surface area contributed by atoms with Crippen LogP contribution in [0.2, 0.25) is 0 Å². The predicted octanol–water partition coefficient (Wildman–Crippen LogP) is 3.04. The van der Waals surface area contributed by atoms with E-state index in [9.17, 15) is 4.79 Å². The Balaban J connectivity index is 3.10. The molecule has 0 amide bonds. The zero-order valence-corrected chi connectivity index (χ0v) is 10.8. The number of hydrogen-bond acceptors (Lipinski definition) is 3. The maximum absolute atomic E-state index is 12.3. The summed E-state index contributed by atoms with van der Waals surface area (Å²) in [6.45, 7) is 7.51. The fourth-order valence-electron chi connectivity index (χ4n) is 1.94. The Kier molecular flexibility index (Phi) is 2.69. The Hall–Kier alpha value is -1.77. The van der Waals surface area contributed by atoms with Gasteiger partial charge in [0, 0.05) is 5.56 Å². The molecule has 0 aliphatic rings. The van der Waals surface area contributed by atoms with E-state index in [0.717, 1.165) is 11.1 Å². The van der Waals surface area contributed by atoms with Gasteiger partial charge in [-0.2, -0.15) is 0 Å². The van der Waals surface area contributed by atoms with Crippen LogP contribution < -0.4 is 10.2 Å². The molecule has 0 saturated carbocycles. The lowest BCUT2D eigenvalue weighted by molar-refractivity contribution is 0.418. The van der Waals surface area contributed by atoms with Crippen LogP contribution in [0.4, 0.5) is 0 Å². The van der Waals surface area contributed by atoms with Gasteiger partial charge in [0.1, 0.15) is 22.5 Å². The van der Waals surface area contributed by atoms with E-state index in [1.54, 1.807) is 14.0 Å². The van der Waals surface area contributed by atoms with E-state index in [1.165, 1.54) is 0 Å². The summed E-state index contributed by atoms with van der Waals surface area (Å²) in [5.41, 5.74) is 3.31. The SMILES string of the molecule is COc1cc(C)c(C)c2oc(C)c(C)c(=O)c12. The van der Waals surface area contributed by atoms with Crippen molar-refractivity contribution in [1.82, 2.24) is 0 Å². The van der Waals surface area contributed by atoms with Crippen LogP contribution in [-0.4, -0.2) is 7.11 Å². The average molecular weight is 232 g/mol. The molecule has 1 aromatic carbocycles. The standard InChI is InChI=1S/C14H16O3/c1-7-6-11(16-5)12-13(15)9(3)10(4)17-14(12)8(7)2/h6H,1-5H3. The van der Waals surface area contributed by atoms with Crippen molar-refractivity contribution in [2.75, 3.05) is 7.11 Å². The highest BCUT2D eigenvalue weighted by molar-refractivity contribution is 5.87. The van der Waals surface area contributed by atoms with Crippen molar-refractivity contribution >= 4 is 11.0 Å². The molecule has 17 heavy (non-hydrogen) atoms. The highest BCUT2D eigenvalue weighted by Crippen LogP contribution is 2.29. The maximum atomic E-state index is 12.3. The van der Waals surface area contributed by atoms with Crippen molar-refractivity contribution in [2.24, 2.45) is 0 Å². The highest BCUT2D eigenvalue weighted by atomic mass is 16.5. The molecular weight excluding hydrogens is 216 g/mol. The number of aryl methyl sites for hydroxylation is 3. The first-order chi connectivity index (χ1) is 7.97. The third-order valence-corrected chi connectivity index (χ3v) is 3.32. The molecule has 2 aromatic rings. The van der Waals surface area contributed by atoms with Gasteiger partial charge < -0.3 is 9.15 Å². The topological polar surface area (TPSA) is 39.4 Å². The maximum Gasteiger partial charge on any atom is 0.199 e. The summed E-state index contributed by atoms with van der Waals surface area (Å²) in [6, 6.07) is 1.88. The third-order valence-electron chi connectivity index (χ3n) is 3.32. The van der Waals surface area contributed by atoms with E-state index in [-0.39, 0.29) is 5.43 Å². The first kappa shape index (κ1) is 11.7. The molecule has 0 atom stereocenters. The monoisotopic (exact) mass is 232 g/mol. The van der Waals surface area contributed by atoms with Crippen LogP contribution >= 0.6 is 0 Å². The number of methoxy groups -OCH3 is 1. The zero-order chi connectivity index (χ0) is 12.7. The van der Waals surface area contributed by atoms with Crippen LogP contribution in [0.15, 0.2) is 15.3 Å². The van der Waals surface area contributed by atoms with Gasteiger partial charge in [-0.1, -0.05) is 0 Å². The first-order valence-electron chi connectivity index (χ1n) is 5.55. The quantitative estimate of drug-likeness (QED) is 0.758. The molecule has 0 spiro atoms. The van der Waals surface area contributed by atoms with Crippen LogP contribution in [0.3, 0.4) is 0 Å². The third kappa shape index (κ3) is 1.62. The van der Waals surface area contributed by atoms with Crippen molar-refractivity contribution in [3.05, 3.63) is 38.7 Å². The van der Waals surface area contributed by atoms with Gasteiger partial charge in [-0.3, -0.25) is 4.79 Å². The number of hydrogen-bond donors (Lipinski definition) is 0. The molecule has 0 radical (unpaired) electrons. The second-order valence-corrected chi connectivity index (χ2v) is 4.34. The van der Waals surface area contributed by atoms with Crippen LogP contribution in [0, 0.1) is 27.7 Å². The van der Waals surface area contributed by atoms with Crippen LogP contribution in [0.1, 0.15) is 22.5 Å². The second kappa shape index (κ2) is 3.91. The fourth-order valence-corrected chi connectivity index (χ4v) is 1.94. The molecule has 0 unspecified atom stereocenters. The zero-order valence-electron chi connectivity index (χ0n) is 10.8. The minimum Gasteiger partial charge on any atom is -0.496 e. The summed E-state index contributed by atoms with van der Waals surface area (Å²) in [6.07, 6.45) is 0. The van der Waals surface area contributed by atoms with Gasteiger partial charge in [0.25, 0.3) is 0 Å². The van der Waals surface area contributed by atoms with Gasteiger partial charge in [-0.05, 0) is 44.9 Å². The van der Waals surface area contributed by atoms with Gasteiger partial charge in [0.15, 0.2) is 5.43 Å². The lowest BCUT2D eigenvalue weighted by Gasteiger charge is -2.11. The van der Waals surface area contributed by atoms with Crippen LogP contribution in [-0.2, 0) is 0 Å². The molecule has 1 aromatic heterocycles. The van der Waals surface area contributed by atoms with Gasteiger partial charge in [-0.25, -0.2) is 0 Å². The normalized spacial score (nSPS) is 10.9. The number of benzene rings is 1. The Morgan fingerprint density at radius 2 is 1.76 bits per heavy atom. The molecule has 0 saturated heterocycles. The Morgan fingerprint density at radius 3 is 2.35 bits per heavy atom. The lowest BCUT2D eigenvalue weighted by atomic mass is 10.0. The van der Waals surface area contributed by atoms with E-state index in [0.29, 0.717) is 28.0 Å². The average Bonchev–Trinajstić information content (AvgIpc) is 2.31. The van der Waals surface area contributed by atoms with E-state index in [1.807, 2.05) is 26.8 Å². The summed E-state index contributed by atoms with van der Waals surface area (Å²) in [7, 11) is 1.57. The molecule has 0 fully saturated rings. The molecule has 0 N–H and O–H groups in total. The van der Waals surface area contributed by atoms with Crippen LogP contribution in [0.25, 0.3) is 11.0 Å². The van der Waals surface area contributed by atoms with Crippen molar-refractivity contribution in [3.8, 4) is 5.75 Å². The van der Waals surface area contributed by atoms with Gasteiger partial charge in [0.05, 0.1) is 7.11 Å². The van der Waals surface area contributed by atoms with E-state index in [4.69, 9.17) is 9.15 Å². The summed E-state index contributed by atoms with van der Waals surface area (Å²) < 4.78 is 11.0. The van der Waals surface area contributed by atoms with Crippen molar-refractivity contribution in [2.45, 2.75) is 27.7 Å². The van der Waals surface area contributed by atoms with Crippen LogP contribution in [0.5, 0.6) is 5.75 Å². The second-order valence-electron chi connectivity index (χ2n) is 4.34. The van der Waals surface area contributed by atoms with E-state index in [2.05, 4.69) is 0 Å². The number of ether oxygens (including phenoxy) is 1. The molecule has 3 nitrogen and oxygen atoms in total. The molecule has 0 bridgehead atoms. The minimum atomic E-state index is -0.0105. The first-order valence-corrected chi connectivity index (χ1v) is 5.55. The summed E-state index contributed by atoms with van der Waals surface area (Å²) >= 11 is 0. The van der Waals surface area contributed by atoms with Crippen molar-refractivity contribution in [1.29, 1.82) is 0 Å². The molecule has 0 aliphatic heterocycles. The van der Waals surface area contributed by atoms with E-state index < -0.39 is 0 Å². The predicted molar refractivity (Wildman–Crippen MR) is 68.0 cm³/mol.